The summed E-state index contributed by atoms with van der Waals surface area (Å²) in [5.74, 6) is 0.677. The molecule has 0 spiro atoms. The lowest BCUT2D eigenvalue weighted by atomic mass is 9.92. The molecule has 2 aromatic rings. The molecule has 0 bridgehead atoms. The molecule has 1 aromatic carbocycles. The first-order valence-electron chi connectivity index (χ1n) is 7.35. The second kappa shape index (κ2) is 5.75. The lowest BCUT2D eigenvalue weighted by Gasteiger charge is -2.31. The zero-order valence-corrected chi connectivity index (χ0v) is 12.1. The zero-order chi connectivity index (χ0) is 13.9. The maximum atomic E-state index is 6.16. The molecule has 4 nitrogen and oxygen atoms in total. The molecule has 1 saturated carbocycles. The summed E-state index contributed by atoms with van der Waals surface area (Å²) in [4.78, 5) is 9.21. The Morgan fingerprint density at radius 1 is 1.10 bits per heavy atom. The minimum atomic E-state index is 0.197. The second-order valence-electron chi connectivity index (χ2n) is 5.44. The van der Waals surface area contributed by atoms with E-state index in [4.69, 9.17) is 4.74 Å². The quantitative estimate of drug-likeness (QED) is 0.932. The third-order valence-corrected chi connectivity index (χ3v) is 4.04. The number of likely N-dealkylation sites (N-methyl/N-ethyl adjacent to an activating group) is 1. The van der Waals surface area contributed by atoms with Gasteiger partial charge in [-0.25, -0.2) is 9.97 Å². The fourth-order valence-electron chi connectivity index (χ4n) is 2.90. The number of hydrogen-bond donors (Lipinski definition) is 1. The molecule has 1 fully saturated rings. The average molecular weight is 271 g/mol. The third kappa shape index (κ3) is 2.61. The molecule has 1 aromatic heterocycles. The van der Waals surface area contributed by atoms with E-state index < -0.39 is 0 Å². The summed E-state index contributed by atoms with van der Waals surface area (Å²) in [6, 6.07) is 8.33. The number of nitrogens with zero attached hydrogens (tertiary/aromatic N) is 2. The molecule has 106 valence electrons. The largest absolute Gasteiger partial charge is 0.471 e. The van der Waals surface area contributed by atoms with Crippen LogP contribution in [0.4, 0.5) is 0 Å². The molecule has 2 atom stereocenters. The fourth-order valence-corrected chi connectivity index (χ4v) is 2.90. The molecule has 3 rings (SSSR count). The molecule has 0 amide bonds. The number of nitrogens with one attached hydrogen (secondary N) is 1. The number of benzene rings is 1. The molecular weight excluding hydrogens is 250 g/mol. The van der Waals surface area contributed by atoms with Crippen molar-refractivity contribution in [3.8, 4) is 5.88 Å². The van der Waals surface area contributed by atoms with Crippen LogP contribution in [0.5, 0.6) is 5.88 Å². The molecule has 20 heavy (non-hydrogen) atoms. The van der Waals surface area contributed by atoms with E-state index >= 15 is 0 Å². The maximum absolute atomic E-state index is 6.16. The SMILES string of the molecule is CNC1CCCCC1Oc1nc2ccccc2nc1C. The first-order valence-corrected chi connectivity index (χ1v) is 7.35. The van der Waals surface area contributed by atoms with Crippen molar-refractivity contribution >= 4 is 11.0 Å². The standard InChI is InChI=1S/C16H21N3O/c1-11-16(19-13-8-4-3-7-12(13)18-11)20-15-10-6-5-9-14(15)17-2/h3-4,7-8,14-15,17H,5-6,9-10H2,1-2H3. The number of aromatic nitrogens is 2. The first kappa shape index (κ1) is 13.3. The highest BCUT2D eigenvalue weighted by atomic mass is 16.5. The normalized spacial score (nSPS) is 22.9. The number of rotatable bonds is 3. The minimum absolute atomic E-state index is 0.197. The van der Waals surface area contributed by atoms with Crippen molar-refractivity contribution in [2.45, 2.75) is 44.8 Å². The van der Waals surface area contributed by atoms with Gasteiger partial charge in [0, 0.05) is 6.04 Å². The summed E-state index contributed by atoms with van der Waals surface area (Å²) >= 11 is 0. The number of fused-ring (bicyclic) bond motifs is 1. The molecular formula is C16H21N3O. The molecule has 1 heterocycles. The Bertz CT molecular complexity index is 599. The van der Waals surface area contributed by atoms with Crippen LogP contribution in [0.25, 0.3) is 11.0 Å². The van der Waals surface area contributed by atoms with Gasteiger partial charge in [0.1, 0.15) is 11.8 Å². The van der Waals surface area contributed by atoms with Crippen molar-refractivity contribution in [1.82, 2.24) is 15.3 Å². The van der Waals surface area contributed by atoms with Crippen molar-refractivity contribution in [3.63, 3.8) is 0 Å². The highest BCUT2D eigenvalue weighted by molar-refractivity contribution is 5.74. The van der Waals surface area contributed by atoms with Crippen molar-refractivity contribution in [2.24, 2.45) is 0 Å². The average Bonchev–Trinajstić information content (AvgIpc) is 2.48. The summed E-state index contributed by atoms with van der Waals surface area (Å²) in [5, 5.41) is 3.36. The zero-order valence-electron chi connectivity index (χ0n) is 12.1. The van der Waals surface area contributed by atoms with Gasteiger partial charge in [-0.2, -0.15) is 0 Å². The monoisotopic (exact) mass is 271 g/mol. The third-order valence-electron chi connectivity index (χ3n) is 4.04. The summed E-state index contributed by atoms with van der Waals surface area (Å²) in [5.41, 5.74) is 2.68. The highest BCUT2D eigenvalue weighted by Gasteiger charge is 2.26. The van der Waals surface area contributed by atoms with E-state index in [9.17, 15) is 0 Å². The van der Waals surface area contributed by atoms with Gasteiger partial charge in [0.25, 0.3) is 0 Å². The van der Waals surface area contributed by atoms with Crippen LogP contribution in [0.2, 0.25) is 0 Å². The number of para-hydroxylation sites is 2. The Kier molecular flexibility index (Phi) is 3.83. The summed E-state index contributed by atoms with van der Waals surface area (Å²) in [6.45, 7) is 1.96. The van der Waals surface area contributed by atoms with E-state index in [1.807, 2.05) is 38.2 Å². The van der Waals surface area contributed by atoms with Gasteiger partial charge in [-0.3, -0.25) is 0 Å². The van der Waals surface area contributed by atoms with Crippen molar-refractivity contribution in [1.29, 1.82) is 0 Å². The Morgan fingerprint density at radius 3 is 2.55 bits per heavy atom. The van der Waals surface area contributed by atoms with E-state index in [0.717, 1.165) is 23.1 Å². The Hall–Kier alpha value is -1.68. The fraction of sp³-hybridized carbons (Fsp3) is 0.500. The van der Waals surface area contributed by atoms with Crippen LogP contribution >= 0.6 is 0 Å². The number of hydrogen-bond acceptors (Lipinski definition) is 4. The van der Waals surface area contributed by atoms with Gasteiger partial charge in [0.2, 0.25) is 5.88 Å². The van der Waals surface area contributed by atoms with E-state index in [-0.39, 0.29) is 6.10 Å². The van der Waals surface area contributed by atoms with Crippen LogP contribution in [-0.2, 0) is 0 Å². The second-order valence-corrected chi connectivity index (χ2v) is 5.44. The van der Waals surface area contributed by atoms with E-state index in [0.29, 0.717) is 11.9 Å². The topological polar surface area (TPSA) is 47.0 Å². The van der Waals surface area contributed by atoms with E-state index in [1.54, 1.807) is 0 Å². The Balaban J connectivity index is 1.87. The van der Waals surface area contributed by atoms with Crippen molar-refractivity contribution in [2.75, 3.05) is 7.05 Å². The molecule has 0 aliphatic heterocycles. The van der Waals surface area contributed by atoms with Crippen LogP contribution in [0.15, 0.2) is 24.3 Å². The first-order chi connectivity index (χ1) is 9.78. The number of ether oxygens (including phenoxy) is 1. The molecule has 0 saturated heterocycles. The molecule has 0 radical (unpaired) electrons. The van der Waals surface area contributed by atoms with Gasteiger partial charge in [0.05, 0.1) is 11.0 Å². The van der Waals surface area contributed by atoms with E-state index in [1.165, 1.54) is 19.3 Å². The van der Waals surface area contributed by atoms with Crippen LogP contribution in [-0.4, -0.2) is 29.2 Å². The van der Waals surface area contributed by atoms with Crippen LogP contribution in [0, 0.1) is 6.92 Å². The predicted molar refractivity (Wildman–Crippen MR) is 80.0 cm³/mol. The van der Waals surface area contributed by atoms with Gasteiger partial charge in [-0.15, -0.1) is 0 Å². The molecule has 4 heteroatoms. The molecule has 1 N–H and O–H groups in total. The number of aryl methyl sites for hydroxylation is 1. The van der Waals surface area contributed by atoms with Crippen molar-refractivity contribution < 1.29 is 4.74 Å². The van der Waals surface area contributed by atoms with Gasteiger partial charge in [-0.05, 0) is 45.4 Å². The lowest BCUT2D eigenvalue weighted by molar-refractivity contribution is 0.112. The van der Waals surface area contributed by atoms with Crippen LogP contribution < -0.4 is 10.1 Å². The van der Waals surface area contributed by atoms with Gasteiger partial charge in [0.15, 0.2) is 0 Å². The highest BCUT2D eigenvalue weighted by Crippen LogP contribution is 2.25. The maximum Gasteiger partial charge on any atom is 0.236 e. The van der Waals surface area contributed by atoms with Gasteiger partial charge in [-0.1, -0.05) is 18.6 Å². The van der Waals surface area contributed by atoms with Crippen molar-refractivity contribution in [3.05, 3.63) is 30.0 Å². The lowest BCUT2D eigenvalue weighted by Crippen LogP contribution is -2.43. The molecule has 1 aliphatic rings. The molecule has 1 aliphatic carbocycles. The summed E-state index contributed by atoms with van der Waals surface area (Å²) in [6.07, 6.45) is 4.94. The molecule has 2 unspecified atom stereocenters. The minimum Gasteiger partial charge on any atom is -0.471 e. The smallest absolute Gasteiger partial charge is 0.236 e. The van der Waals surface area contributed by atoms with Gasteiger partial charge < -0.3 is 10.1 Å². The van der Waals surface area contributed by atoms with Crippen LogP contribution in [0.1, 0.15) is 31.4 Å². The Labute approximate surface area is 119 Å². The summed E-state index contributed by atoms with van der Waals surface area (Å²) < 4.78 is 6.16. The summed E-state index contributed by atoms with van der Waals surface area (Å²) in [7, 11) is 2.01. The predicted octanol–water partition coefficient (Wildman–Crippen LogP) is 2.85. The van der Waals surface area contributed by atoms with Crippen LogP contribution in [0.3, 0.4) is 0 Å². The van der Waals surface area contributed by atoms with E-state index in [2.05, 4.69) is 15.3 Å². The van der Waals surface area contributed by atoms with Gasteiger partial charge >= 0.3 is 0 Å². The Morgan fingerprint density at radius 2 is 1.80 bits per heavy atom.